The third-order valence-corrected chi connectivity index (χ3v) is 3.73. The Morgan fingerprint density at radius 2 is 1.95 bits per heavy atom. The maximum atomic E-state index is 11.5. The molecule has 2 atom stereocenters. The van der Waals surface area contributed by atoms with E-state index in [-0.39, 0.29) is 18.6 Å². The largest absolute Gasteiger partial charge is 0.392 e. The summed E-state index contributed by atoms with van der Waals surface area (Å²) in [4.78, 5) is 12.7. The van der Waals surface area contributed by atoms with Crippen LogP contribution in [0.4, 0.5) is 4.79 Å². The lowest BCUT2D eigenvalue weighted by Gasteiger charge is -2.15. The number of amides is 2. The van der Waals surface area contributed by atoms with Gasteiger partial charge in [-0.15, -0.1) is 11.8 Å². The van der Waals surface area contributed by atoms with E-state index in [1.165, 1.54) is 10.5 Å². The van der Waals surface area contributed by atoms with Crippen LogP contribution in [0.1, 0.15) is 19.4 Å². The van der Waals surface area contributed by atoms with E-state index >= 15 is 0 Å². The molecule has 19 heavy (non-hydrogen) atoms. The first-order valence-corrected chi connectivity index (χ1v) is 7.38. The number of urea groups is 1. The van der Waals surface area contributed by atoms with Gasteiger partial charge in [-0.25, -0.2) is 4.79 Å². The van der Waals surface area contributed by atoms with E-state index in [9.17, 15) is 4.79 Å². The molecule has 1 aromatic rings. The van der Waals surface area contributed by atoms with Crippen LogP contribution in [0, 0.1) is 6.92 Å². The molecule has 0 spiro atoms. The lowest BCUT2D eigenvalue weighted by atomic mass is 10.2. The van der Waals surface area contributed by atoms with E-state index in [0.29, 0.717) is 0 Å². The second-order valence-electron chi connectivity index (χ2n) is 4.73. The number of aryl methyl sites for hydroxylation is 1. The van der Waals surface area contributed by atoms with Crippen molar-refractivity contribution in [1.82, 2.24) is 10.6 Å². The number of carbonyl (C=O) groups excluding carboxylic acids is 1. The fourth-order valence-electron chi connectivity index (χ4n) is 1.41. The molecule has 0 heterocycles. The van der Waals surface area contributed by atoms with Crippen LogP contribution in [0.15, 0.2) is 29.2 Å². The molecule has 106 valence electrons. The van der Waals surface area contributed by atoms with Crippen LogP contribution in [0.5, 0.6) is 0 Å². The fourth-order valence-corrected chi connectivity index (χ4v) is 2.27. The number of aliphatic hydroxyl groups excluding tert-OH is 1. The fraction of sp³-hybridized carbons (Fsp3) is 0.500. The van der Waals surface area contributed by atoms with Crippen molar-refractivity contribution < 1.29 is 9.90 Å². The molecular weight excluding hydrogens is 260 g/mol. The summed E-state index contributed by atoms with van der Waals surface area (Å²) in [7, 11) is 0. The van der Waals surface area contributed by atoms with Crippen LogP contribution in [0.25, 0.3) is 0 Å². The van der Waals surface area contributed by atoms with E-state index in [1.807, 2.05) is 6.92 Å². The number of rotatable bonds is 6. The van der Waals surface area contributed by atoms with Gasteiger partial charge >= 0.3 is 6.03 Å². The van der Waals surface area contributed by atoms with Gasteiger partial charge in [-0.3, -0.25) is 0 Å². The summed E-state index contributed by atoms with van der Waals surface area (Å²) in [6.45, 7) is 5.93. The Bertz CT molecular complexity index is 393. The molecule has 2 amide bonds. The van der Waals surface area contributed by atoms with Gasteiger partial charge < -0.3 is 15.7 Å². The molecule has 4 nitrogen and oxygen atoms in total. The van der Waals surface area contributed by atoms with Crippen molar-refractivity contribution in [2.75, 3.05) is 12.3 Å². The van der Waals surface area contributed by atoms with Gasteiger partial charge in [0.15, 0.2) is 0 Å². The summed E-state index contributed by atoms with van der Waals surface area (Å²) >= 11 is 1.71. The van der Waals surface area contributed by atoms with Gasteiger partial charge in [-0.2, -0.15) is 0 Å². The van der Waals surface area contributed by atoms with E-state index < -0.39 is 6.10 Å². The smallest absolute Gasteiger partial charge is 0.315 e. The number of hydrogen-bond acceptors (Lipinski definition) is 3. The van der Waals surface area contributed by atoms with Crippen LogP contribution in [-0.4, -0.2) is 35.6 Å². The Balaban J connectivity index is 2.25. The lowest BCUT2D eigenvalue weighted by molar-refractivity contribution is 0.187. The maximum absolute atomic E-state index is 11.5. The number of carbonyl (C=O) groups is 1. The van der Waals surface area contributed by atoms with Gasteiger partial charge in [-0.1, -0.05) is 17.7 Å². The van der Waals surface area contributed by atoms with Crippen molar-refractivity contribution in [2.24, 2.45) is 0 Å². The second-order valence-corrected chi connectivity index (χ2v) is 5.82. The topological polar surface area (TPSA) is 61.4 Å². The predicted molar refractivity (Wildman–Crippen MR) is 79.6 cm³/mol. The standard InChI is InChI=1S/C14H22N2O2S/c1-10-4-6-13(7-5-10)19-9-11(2)16-14(18)15-8-12(3)17/h4-7,11-12,17H,8-9H2,1-3H3,(H2,15,16,18)/t11-,12+/m0/s1. The second kappa shape index (κ2) is 8.07. The molecule has 0 fully saturated rings. The Morgan fingerprint density at radius 1 is 1.32 bits per heavy atom. The molecule has 0 aliphatic heterocycles. The third-order valence-electron chi connectivity index (χ3n) is 2.46. The first-order valence-electron chi connectivity index (χ1n) is 6.39. The zero-order valence-corrected chi connectivity index (χ0v) is 12.5. The molecule has 0 radical (unpaired) electrons. The summed E-state index contributed by atoms with van der Waals surface area (Å²) in [6, 6.07) is 8.16. The summed E-state index contributed by atoms with van der Waals surface area (Å²) in [5, 5.41) is 14.5. The van der Waals surface area contributed by atoms with Crippen molar-refractivity contribution in [3.05, 3.63) is 29.8 Å². The predicted octanol–water partition coefficient (Wildman–Crippen LogP) is 2.16. The number of nitrogens with one attached hydrogen (secondary N) is 2. The molecule has 0 saturated carbocycles. The first kappa shape index (κ1) is 15.9. The highest BCUT2D eigenvalue weighted by atomic mass is 32.2. The van der Waals surface area contributed by atoms with Crippen molar-refractivity contribution in [1.29, 1.82) is 0 Å². The minimum Gasteiger partial charge on any atom is -0.392 e. The van der Waals surface area contributed by atoms with Crippen LogP contribution in [0.2, 0.25) is 0 Å². The highest BCUT2D eigenvalue weighted by molar-refractivity contribution is 7.99. The Morgan fingerprint density at radius 3 is 2.53 bits per heavy atom. The number of thioether (sulfide) groups is 1. The van der Waals surface area contributed by atoms with E-state index in [4.69, 9.17) is 5.11 Å². The van der Waals surface area contributed by atoms with Gasteiger partial charge in [0, 0.05) is 23.2 Å². The molecular formula is C14H22N2O2S. The number of benzene rings is 1. The summed E-state index contributed by atoms with van der Waals surface area (Å²) < 4.78 is 0. The van der Waals surface area contributed by atoms with Crippen molar-refractivity contribution in [3.63, 3.8) is 0 Å². The highest BCUT2D eigenvalue weighted by Gasteiger charge is 2.08. The number of aliphatic hydroxyl groups is 1. The van der Waals surface area contributed by atoms with Crippen molar-refractivity contribution >= 4 is 17.8 Å². The molecule has 0 aliphatic rings. The molecule has 0 saturated heterocycles. The van der Waals surface area contributed by atoms with E-state index in [1.54, 1.807) is 18.7 Å². The van der Waals surface area contributed by atoms with Gasteiger partial charge in [0.1, 0.15) is 0 Å². The Hall–Kier alpha value is -1.20. The third kappa shape index (κ3) is 7.08. The van der Waals surface area contributed by atoms with E-state index in [0.717, 1.165) is 5.75 Å². The average molecular weight is 282 g/mol. The maximum Gasteiger partial charge on any atom is 0.315 e. The normalized spacial score (nSPS) is 13.7. The van der Waals surface area contributed by atoms with Crippen molar-refractivity contribution in [2.45, 2.75) is 37.8 Å². The monoisotopic (exact) mass is 282 g/mol. The van der Waals surface area contributed by atoms with Gasteiger partial charge in [0.2, 0.25) is 0 Å². The van der Waals surface area contributed by atoms with Gasteiger partial charge in [0.25, 0.3) is 0 Å². The zero-order chi connectivity index (χ0) is 14.3. The van der Waals surface area contributed by atoms with E-state index in [2.05, 4.69) is 41.8 Å². The summed E-state index contributed by atoms with van der Waals surface area (Å²) in [5.74, 6) is 0.811. The Kier molecular flexibility index (Phi) is 6.73. The Labute approximate surface area is 119 Å². The molecule has 3 N–H and O–H groups in total. The van der Waals surface area contributed by atoms with Gasteiger partial charge in [-0.05, 0) is 32.9 Å². The lowest BCUT2D eigenvalue weighted by Crippen LogP contribution is -2.43. The summed E-state index contributed by atoms with van der Waals surface area (Å²) in [5.41, 5.74) is 1.24. The van der Waals surface area contributed by atoms with Crippen LogP contribution in [-0.2, 0) is 0 Å². The van der Waals surface area contributed by atoms with Crippen LogP contribution in [0.3, 0.4) is 0 Å². The summed E-state index contributed by atoms with van der Waals surface area (Å²) in [6.07, 6.45) is -0.525. The highest BCUT2D eigenvalue weighted by Crippen LogP contribution is 2.18. The quantitative estimate of drug-likeness (QED) is 0.701. The van der Waals surface area contributed by atoms with Gasteiger partial charge in [0.05, 0.1) is 6.10 Å². The average Bonchev–Trinajstić information content (AvgIpc) is 2.36. The molecule has 1 aromatic carbocycles. The SMILES string of the molecule is Cc1ccc(SC[C@H](C)NC(=O)NC[C@@H](C)O)cc1. The molecule has 0 aliphatic carbocycles. The zero-order valence-electron chi connectivity index (χ0n) is 11.6. The molecule has 0 bridgehead atoms. The molecule has 0 aromatic heterocycles. The molecule has 1 rings (SSSR count). The molecule has 5 heteroatoms. The molecule has 0 unspecified atom stereocenters. The van der Waals surface area contributed by atoms with Crippen LogP contribution < -0.4 is 10.6 Å². The van der Waals surface area contributed by atoms with Crippen LogP contribution >= 0.6 is 11.8 Å². The minimum absolute atomic E-state index is 0.0697. The minimum atomic E-state index is -0.525. The van der Waals surface area contributed by atoms with Crippen molar-refractivity contribution in [3.8, 4) is 0 Å². The number of hydrogen-bond donors (Lipinski definition) is 3. The first-order chi connectivity index (χ1) is 8.97.